The van der Waals surface area contributed by atoms with E-state index in [1.165, 1.54) is 0 Å². The molecule has 0 aliphatic carbocycles. The van der Waals surface area contributed by atoms with Gasteiger partial charge in [-0.3, -0.25) is 4.79 Å². The average Bonchev–Trinajstić information content (AvgIpc) is 2.65. The lowest BCUT2D eigenvalue weighted by atomic mass is 9.92. The number of benzene rings is 1. The highest BCUT2D eigenvalue weighted by molar-refractivity contribution is 5.75. The first-order valence-electron chi connectivity index (χ1n) is 9.34. The van der Waals surface area contributed by atoms with Crippen LogP contribution >= 0.6 is 0 Å². The molecule has 7 heteroatoms. The molecule has 27 heavy (non-hydrogen) atoms. The minimum absolute atomic E-state index is 0.0986. The summed E-state index contributed by atoms with van der Waals surface area (Å²) in [6, 6.07) is 5.54. The largest absolute Gasteiger partial charge is 0.493 e. The van der Waals surface area contributed by atoms with E-state index in [4.69, 9.17) is 15.2 Å². The fourth-order valence-electron chi connectivity index (χ4n) is 3.48. The number of nitrogens with zero attached hydrogens (tertiary/aromatic N) is 1. The Bertz CT molecular complexity index is 675. The normalized spacial score (nSPS) is 17.3. The molecule has 0 spiro atoms. The van der Waals surface area contributed by atoms with E-state index in [1.54, 1.807) is 14.2 Å². The van der Waals surface area contributed by atoms with Crippen molar-refractivity contribution in [1.82, 2.24) is 10.2 Å². The van der Waals surface area contributed by atoms with Crippen molar-refractivity contribution in [3.63, 3.8) is 0 Å². The molecule has 2 rings (SSSR count). The van der Waals surface area contributed by atoms with Gasteiger partial charge in [0.05, 0.1) is 19.8 Å². The first kappa shape index (κ1) is 20.9. The molecule has 1 aromatic carbocycles. The van der Waals surface area contributed by atoms with Crippen LogP contribution in [0.3, 0.4) is 0 Å². The summed E-state index contributed by atoms with van der Waals surface area (Å²) in [6.07, 6.45) is 3.07. The lowest BCUT2D eigenvalue weighted by molar-refractivity contribution is -0.118. The number of nitrogens with one attached hydrogen (secondary N) is 1. The standard InChI is InChI=1S/C20H31N3O4/c1-20(2,15-8-9-16(26-3)17(12-15)27-4)22-19(25)23-11-5-6-14(13-23)7-10-18(21)24/h8-9,12,14H,5-7,10-11,13H2,1-4H3,(H2,21,24)(H,22,25)/t14-/m0/s1. The molecule has 0 radical (unpaired) electrons. The van der Waals surface area contributed by atoms with Gasteiger partial charge in [-0.1, -0.05) is 6.07 Å². The van der Waals surface area contributed by atoms with Crippen molar-refractivity contribution < 1.29 is 19.1 Å². The van der Waals surface area contributed by atoms with Crippen LogP contribution in [0.5, 0.6) is 11.5 Å². The van der Waals surface area contributed by atoms with E-state index in [0.717, 1.165) is 31.4 Å². The van der Waals surface area contributed by atoms with Gasteiger partial charge in [0.15, 0.2) is 11.5 Å². The van der Waals surface area contributed by atoms with Gasteiger partial charge in [-0.2, -0.15) is 0 Å². The zero-order chi connectivity index (χ0) is 20.0. The zero-order valence-electron chi connectivity index (χ0n) is 16.7. The second-order valence-electron chi connectivity index (χ2n) is 7.58. The molecule has 0 saturated carbocycles. The van der Waals surface area contributed by atoms with Gasteiger partial charge < -0.3 is 25.4 Å². The van der Waals surface area contributed by atoms with Gasteiger partial charge in [-0.05, 0) is 56.7 Å². The third-order valence-electron chi connectivity index (χ3n) is 5.13. The highest BCUT2D eigenvalue weighted by atomic mass is 16.5. The number of hydrogen-bond donors (Lipinski definition) is 2. The van der Waals surface area contributed by atoms with Crippen LogP contribution in [0.15, 0.2) is 18.2 Å². The first-order valence-corrected chi connectivity index (χ1v) is 9.34. The molecular weight excluding hydrogens is 346 g/mol. The first-order chi connectivity index (χ1) is 12.8. The van der Waals surface area contributed by atoms with E-state index in [0.29, 0.717) is 30.4 Å². The summed E-state index contributed by atoms with van der Waals surface area (Å²) in [7, 11) is 3.18. The van der Waals surface area contributed by atoms with Crippen LogP contribution in [-0.2, 0) is 10.3 Å². The summed E-state index contributed by atoms with van der Waals surface area (Å²) in [4.78, 5) is 25.7. The Balaban J connectivity index is 2.03. The number of urea groups is 1. The molecular formula is C20H31N3O4. The van der Waals surface area contributed by atoms with Crippen molar-refractivity contribution >= 4 is 11.9 Å². The number of piperidine rings is 1. The maximum atomic E-state index is 12.8. The molecule has 0 bridgehead atoms. The summed E-state index contributed by atoms with van der Waals surface area (Å²) in [5.41, 5.74) is 5.60. The van der Waals surface area contributed by atoms with Gasteiger partial charge in [0, 0.05) is 19.5 Å². The number of nitrogens with two attached hydrogens (primary N) is 1. The fraction of sp³-hybridized carbons (Fsp3) is 0.600. The van der Waals surface area contributed by atoms with E-state index >= 15 is 0 Å². The number of primary amides is 1. The fourth-order valence-corrected chi connectivity index (χ4v) is 3.48. The van der Waals surface area contributed by atoms with Crippen molar-refractivity contribution in [3.05, 3.63) is 23.8 Å². The number of carbonyl (C=O) groups is 2. The summed E-state index contributed by atoms with van der Waals surface area (Å²) < 4.78 is 10.6. The molecule has 1 aliphatic rings. The molecule has 0 unspecified atom stereocenters. The summed E-state index contributed by atoms with van der Waals surface area (Å²) in [6.45, 7) is 5.30. The van der Waals surface area contributed by atoms with Crippen LogP contribution in [0.25, 0.3) is 0 Å². The third kappa shape index (κ3) is 5.52. The molecule has 3 N–H and O–H groups in total. The monoisotopic (exact) mass is 377 g/mol. The van der Waals surface area contributed by atoms with Crippen molar-refractivity contribution in [1.29, 1.82) is 0 Å². The number of carbonyl (C=O) groups excluding carboxylic acids is 2. The van der Waals surface area contributed by atoms with E-state index < -0.39 is 5.54 Å². The summed E-state index contributed by atoms with van der Waals surface area (Å²) in [5, 5.41) is 3.12. The quantitative estimate of drug-likeness (QED) is 0.764. The van der Waals surface area contributed by atoms with Crippen LogP contribution < -0.4 is 20.5 Å². The van der Waals surface area contributed by atoms with Gasteiger partial charge in [0.2, 0.25) is 5.91 Å². The van der Waals surface area contributed by atoms with E-state index in [1.807, 2.05) is 36.9 Å². The molecule has 1 fully saturated rings. The smallest absolute Gasteiger partial charge is 0.318 e. The molecule has 1 saturated heterocycles. The van der Waals surface area contributed by atoms with Crippen molar-refractivity contribution in [2.24, 2.45) is 11.7 Å². The van der Waals surface area contributed by atoms with Crippen molar-refractivity contribution in [3.8, 4) is 11.5 Å². The van der Waals surface area contributed by atoms with Gasteiger partial charge in [0.1, 0.15) is 0 Å². The molecule has 7 nitrogen and oxygen atoms in total. The summed E-state index contributed by atoms with van der Waals surface area (Å²) in [5.74, 6) is 1.31. The Morgan fingerprint density at radius 2 is 1.96 bits per heavy atom. The maximum absolute atomic E-state index is 12.8. The number of likely N-dealkylation sites (tertiary alicyclic amines) is 1. The van der Waals surface area contributed by atoms with Crippen molar-refractivity contribution in [2.75, 3.05) is 27.3 Å². The maximum Gasteiger partial charge on any atom is 0.318 e. The topological polar surface area (TPSA) is 93.9 Å². The predicted octanol–water partition coefficient (Wildman–Crippen LogP) is 2.63. The molecule has 1 aliphatic heterocycles. The van der Waals surface area contributed by atoms with E-state index in [2.05, 4.69) is 5.32 Å². The van der Waals surface area contributed by atoms with Gasteiger partial charge in [-0.15, -0.1) is 0 Å². The lowest BCUT2D eigenvalue weighted by Crippen LogP contribution is -2.51. The van der Waals surface area contributed by atoms with Crippen molar-refractivity contribution in [2.45, 2.75) is 45.1 Å². The molecule has 1 heterocycles. The van der Waals surface area contributed by atoms with Crippen LogP contribution in [0, 0.1) is 5.92 Å². The highest BCUT2D eigenvalue weighted by Gasteiger charge is 2.29. The number of hydrogen-bond acceptors (Lipinski definition) is 4. The zero-order valence-corrected chi connectivity index (χ0v) is 16.7. The van der Waals surface area contributed by atoms with Crippen LogP contribution in [0.1, 0.15) is 45.1 Å². The Labute approximate surface area is 161 Å². The Morgan fingerprint density at radius 3 is 2.59 bits per heavy atom. The SMILES string of the molecule is COc1ccc(C(C)(C)NC(=O)N2CCC[C@@H](CCC(N)=O)C2)cc1OC. The number of amides is 3. The van der Waals surface area contributed by atoms with Gasteiger partial charge in [0.25, 0.3) is 0 Å². The Kier molecular flexibility index (Phi) is 6.93. The molecule has 150 valence electrons. The minimum Gasteiger partial charge on any atom is -0.493 e. The minimum atomic E-state index is -0.573. The number of methoxy groups -OCH3 is 2. The number of rotatable bonds is 7. The average molecular weight is 377 g/mol. The van der Waals surface area contributed by atoms with Crippen LogP contribution in [-0.4, -0.2) is 44.1 Å². The molecule has 1 atom stereocenters. The second-order valence-corrected chi connectivity index (χ2v) is 7.58. The van der Waals surface area contributed by atoms with Gasteiger partial charge >= 0.3 is 6.03 Å². The molecule has 3 amide bonds. The highest BCUT2D eigenvalue weighted by Crippen LogP contribution is 2.32. The Morgan fingerprint density at radius 1 is 1.26 bits per heavy atom. The molecule has 0 aromatic heterocycles. The lowest BCUT2D eigenvalue weighted by Gasteiger charge is -2.36. The summed E-state index contributed by atoms with van der Waals surface area (Å²) >= 11 is 0. The second kappa shape index (κ2) is 8.97. The predicted molar refractivity (Wildman–Crippen MR) is 104 cm³/mol. The third-order valence-corrected chi connectivity index (χ3v) is 5.13. The van der Waals surface area contributed by atoms with Crippen LogP contribution in [0.2, 0.25) is 0 Å². The molecule has 1 aromatic rings. The van der Waals surface area contributed by atoms with Gasteiger partial charge in [-0.25, -0.2) is 4.79 Å². The number of ether oxygens (including phenoxy) is 2. The van der Waals surface area contributed by atoms with Crippen LogP contribution in [0.4, 0.5) is 4.79 Å². The van der Waals surface area contributed by atoms with E-state index in [-0.39, 0.29) is 11.9 Å². The Hall–Kier alpha value is -2.44. The van der Waals surface area contributed by atoms with E-state index in [9.17, 15) is 9.59 Å².